The molecule has 1 aromatic rings. The molecule has 1 rings (SSSR count). The van der Waals surface area contributed by atoms with Crippen molar-refractivity contribution in [3.05, 3.63) is 35.4 Å². The fourth-order valence-electron chi connectivity index (χ4n) is 2.15. The molecule has 1 aromatic carbocycles. The van der Waals surface area contributed by atoms with Gasteiger partial charge in [-0.05, 0) is 30.9 Å². The second kappa shape index (κ2) is 9.11. The van der Waals surface area contributed by atoms with Crippen LogP contribution in [0.1, 0.15) is 63.6 Å². The van der Waals surface area contributed by atoms with Crippen LogP contribution >= 0.6 is 0 Å². The highest BCUT2D eigenvalue weighted by Crippen LogP contribution is 2.18. The number of benzene rings is 1. The van der Waals surface area contributed by atoms with Crippen molar-refractivity contribution in [3.8, 4) is 0 Å². The fourth-order valence-corrected chi connectivity index (χ4v) is 2.15. The molecule has 0 spiro atoms. The summed E-state index contributed by atoms with van der Waals surface area (Å²) in [7, 11) is 0. The summed E-state index contributed by atoms with van der Waals surface area (Å²) in [6.45, 7) is 7.27. The molecule has 2 nitrogen and oxygen atoms in total. The second-order valence-corrected chi connectivity index (χ2v) is 5.26. The van der Waals surface area contributed by atoms with E-state index in [1.807, 2.05) is 0 Å². The van der Waals surface area contributed by atoms with Crippen molar-refractivity contribution in [2.24, 2.45) is 5.73 Å². The Labute approximate surface area is 118 Å². The lowest BCUT2D eigenvalue weighted by atomic mass is 10.0. The summed E-state index contributed by atoms with van der Waals surface area (Å²) >= 11 is 0. The van der Waals surface area contributed by atoms with E-state index in [4.69, 9.17) is 10.5 Å². The van der Waals surface area contributed by atoms with Crippen LogP contribution in [0, 0.1) is 0 Å². The van der Waals surface area contributed by atoms with Gasteiger partial charge in [-0.15, -0.1) is 0 Å². The minimum absolute atomic E-state index is 0.0305. The summed E-state index contributed by atoms with van der Waals surface area (Å²) in [6.07, 6.45) is 6.10. The third-order valence-corrected chi connectivity index (χ3v) is 3.66. The van der Waals surface area contributed by atoms with Gasteiger partial charge in [-0.1, -0.05) is 57.4 Å². The summed E-state index contributed by atoms with van der Waals surface area (Å²) in [5.74, 6) is 0. The molecule has 0 aliphatic rings. The first kappa shape index (κ1) is 16.2. The first-order valence-corrected chi connectivity index (χ1v) is 7.65. The molecule has 0 aliphatic heterocycles. The van der Waals surface area contributed by atoms with Gasteiger partial charge >= 0.3 is 0 Å². The van der Waals surface area contributed by atoms with Gasteiger partial charge in [0.2, 0.25) is 0 Å². The van der Waals surface area contributed by atoms with Crippen molar-refractivity contribution in [2.45, 2.75) is 65.0 Å². The maximum atomic E-state index is 6.25. The van der Waals surface area contributed by atoms with E-state index in [0.717, 1.165) is 19.4 Å². The molecule has 108 valence electrons. The van der Waals surface area contributed by atoms with Crippen molar-refractivity contribution < 1.29 is 4.74 Å². The molecule has 2 atom stereocenters. The Hall–Kier alpha value is -0.860. The van der Waals surface area contributed by atoms with Crippen LogP contribution < -0.4 is 5.73 Å². The van der Waals surface area contributed by atoms with Crippen molar-refractivity contribution in [1.82, 2.24) is 0 Å². The molecule has 0 heterocycles. The van der Waals surface area contributed by atoms with E-state index >= 15 is 0 Å². The van der Waals surface area contributed by atoms with Gasteiger partial charge < -0.3 is 10.5 Å². The summed E-state index contributed by atoms with van der Waals surface area (Å²) in [5.41, 5.74) is 8.76. The highest BCUT2D eigenvalue weighted by Gasteiger charge is 2.14. The Morgan fingerprint density at radius 2 is 1.74 bits per heavy atom. The van der Waals surface area contributed by atoms with E-state index in [0.29, 0.717) is 0 Å². The van der Waals surface area contributed by atoms with E-state index < -0.39 is 0 Å². The molecule has 0 radical (unpaired) electrons. The third kappa shape index (κ3) is 5.75. The molecule has 0 aliphatic carbocycles. The topological polar surface area (TPSA) is 35.2 Å². The van der Waals surface area contributed by atoms with Crippen LogP contribution in [0.25, 0.3) is 0 Å². The fraction of sp³-hybridized carbons (Fsp3) is 0.647. The average molecular weight is 263 g/mol. The van der Waals surface area contributed by atoms with E-state index in [1.165, 1.54) is 30.4 Å². The summed E-state index contributed by atoms with van der Waals surface area (Å²) in [6, 6.07) is 8.53. The minimum Gasteiger partial charge on any atom is -0.377 e. The molecule has 2 N–H and O–H groups in total. The zero-order valence-corrected chi connectivity index (χ0v) is 12.7. The number of rotatable bonds is 9. The molecule has 0 aromatic heterocycles. The van der Waals surface area contributed by atoms with Crippen LogP contribution in [-0.2, 0) is 11.2 Å². The summed E-state index contributed by atoms with van der Waals surface area (Å²) in [5, 5.41) is 0. The molecular formula is C17H29NO. The number of hydrogen-bond acceptors (Lipinski definition) is 2. The number of ether oxygens (including phenoxy) is 1. The molecule has 2 unspecified atom stereocenters. The van der Waals surface area contributed by atoms with E-state index in [2.05, 4.69) is 45.0 Å². The Morgan fingerprint density at radius 3 is 2.32 bits per heavy atom. The summed E-state index contributed by atoms with van der Waals surface area (Å²) < 4.78 is 5.84. The van der Waals surface area contributed by atoms with Crippen LogP contribution in [0.15, 0.2) is 24.3 Å². The van der Waals surface area contributed by atoms with Crippen LogP contribution in [0.4, 0.5) is 0 Å². The molecule has 19 heavy (non-hydrogen) atoms. The van der Waals surface area contributed by atoms with Crippen molar-refractivity contribution >= 4 is 0 Å². The van der Waals surface area contributed by atoms with Crippen molar-refractivity contribution in [3.63, 3.8) is 0 Å². The molecular weight excluding hydrogens is 234 g/mol. The van der Waals surface area contributed by atoms with Crippen LogP contribution in [0.3, 0.4) is 0 Å². The monoisotopic (exact) mass is 263 g/mol. The number of unbranched alkanes of at least 4 members (excludes halogenated alkanes) is 3. The number of hydrogen-bond donors (Lipinski definition) is 1. The van der Waals surface area contributed by atoms with Gasteiger partial charge in [0, 0.05) is 6.61 Å². The normalized spacial score (nSPS) is 14.3. The van der Waals surface area contributed by atoms with Gasteiger partial charge in [0.1, 0.15) is 0 Å². The van der Waals surface area contributed by atoms with Gasteiger partial charge in [0.05, 0.1) is 12.1 Å². The van der Waals surface area contributed by atoms with E-state index in [1.54, 1.807) is 0 Å². The molecule has 0 fully saturated rings. The Morgan fingerprint density at radius 1 is 1.05 bits per heavy atom. The van der Waals surface area contributed by atoms with Crippen LogP contribution in [0.2, 0.25) is 0 Å². The first-order valence-electron chi connectivity index (χ1n) is 7.65. The lowest BCUT2D eigenvalue weighted by Gasteiger charge is -2.21. The standard InChI is InChI=1S/C17H29NO/c1-4-6-7-8-13-19-14(3)17(18)16-11-9-15(5-2)10-12-16/h9-12,14,17H,4-8,13,18H2,1-3H3. The third-order valence-electron chi connectivity index (χ3n) is 3.66. The SMILES string of the molecule is CCCCCCOC(C)C(N)c1ccc(CC)cc1. The van der Waals surface area contributed by atoms with Crippen molar-refractivity contribution in [1.29, 1.82) is 0 Å². The molecule has 0 amide bonds. The average Bonchev–Trinajstić information content (AvgIpc) is 2.46. The largest absolute Gasteiger partial charge is 0.377 e. The second-order valence-electron chi connectivity index (χ2n) is 5.26. The predicted octanol–water partition coefficient (Wildman–Crippen LogP) is 4.23. The highest BCUT2D eigenvalue weighted by atomic mass is 16.5. The number of aryl methyl sites for hydroxylation is 1. The van der Waals surface area contributed by atoms with Gasteiger partial charge in [0.15, 0.2) is 0 Å². The smallest absolute Gasteiger partial charge is 0.0739 e. The lowest BCUT2D eigenvalue weighted by Crippen LogP contribution is -2.26. The zero-order valence-electron chi connectivity index (χ0n) is 12.7. The van der Waals surface area contributed by atoms with Crippen molar-refractivity contribution in [2.75, 3.05) is 6.61 Å². The Bertz CT molecular complexity index is 334. The number of nitrogens with two attached hydrogens (primary N) is 1. The molecule has 0 bridgehead atoms. The van der Waals surface area contributed by atoms with E-state index in [9.17, 15) is 0 Å². The Kier molecular flexibility index (Phi) is 7.76. The summed E-state index contributed by atoms with van der Waals surface area (Å²) in [4.78, 5) is 0. The van der Waals surface area contributed by atoms with Gasteiger partial charge in [-0.2, -0.15) is 0 Å². The quantitative estimate of drug-likeness (QED) is 0.676. The predicted molar refractivity (Wildman–Crippen MR) is 82.3 cm³/mol. The maximum absolute atomic E-state index is 6.25. The molecule has 2 heteroatoms. The molecule has 0 saturated carbocycles. The molecule has 0 saturated heterocycles. The minimum atomic E-state index is -0.0305. The van der Waals surface area contributed by atoms with Gasteiger partial charge in [-0.25, -0.2) is 0 Å². The highest BCUT2D eigenvalue weighted by molar-refractivity contribution is 5.25. The van der Waals surface area contributed by atoms with Crippen LogP contribution in [-0.4, -0.2) is 12.7 Å². The van der Waals surface area contributed by atoms with Gasteiger partial charge in [0.25, 0.3) is 0 Å². The zero-order chi connectivity index (χ0) is 14.1. The van der Waals surface area contributed by atoms with Gasteiger partial charge in [-0.3, -0.25) is 0 Å². The maximum Gasteiger partial charge on any atom is 0.0739 e. The van der Waals surface area contributed by atoms with E-state index in [-0.39, 0.29) is 12.1 Å². The first-order chi connectivity index (χ1) is 9.19. The Balaban J connectivity index is 2.36. The lowest BCUT2D eigenvalue weighted by molar-refractivity contribution is 0.0455. The van der Waals surface area contributed by atoms with Crippen LogP contribution in [0.5, 0.6) is 0 Å².